The third kappa shape index (κ3) is 6.32. The average Bonchev–Trinajstić information content (AvgIpc) is 2.78. The number of hydrogen-bond donors (Lipinski definition) is 1. The number of ether oxygens (including phenoxy) is 2. The molecule has 1 N–H and O–H groups in total. The molecule has 0 bridgehead atoms. The molecular weight excluding hydrogens is 428 g/mol. The Labute approximate surface area is 192 Å². The van der Waals surface area contributed by atoms with Crippen LogP contribution < -0.4 is 5.56 Å². The Balaban J connectivity index is 1.63. The summed E-state index contributed by atoms with van der Waals surface area (Å²) in [4.78, 5) is 44.5. The summed E-state index contributed by atoms with van der Waals surface area (Å²) in [5.74, 6) is -0.872. The molecule has 33 heavy (non-hydrogen) atoms. The minimum atomic E-state index is -0.559. The SMILES string of the molecule is COC(=O)c1cccc(Cn2cnc(CN3CCN(C(=O)OC(C)(C)C)CC3)c(O)c2=O)c1. The molecule has 178 valence electrons. The van der Waals surface area contributed by atoms with E-state index in [-0.39, 0.29) is 18.3 Å². The second-order valence-electron chi connectivity index (χ2n) is 8.91. The van der Waals surface area contributed by atoms with Gasteiger partial charge in [-0.1, -0.05) is 12.1 Å². The topological polar surface area (TPSA) is 114 Å². The van der Waals surface area contributed by atoms with Gasteiger partial charge in [0, 0.05) is 32.7 Å². The molecule has 0 unspecified atom stereocenters. The van der Waals surface area contributed by atoms with E-state index in [0.29, 0.717) is 43.9 Å². The number of rotatable bonds is 5. The Bertz CT molecular complexity index is 1070. The van der Waals surface area contributed by atoms with Crippen LogP contribution in [0, 0.1) is 0 Å². The first-order valence-electron chi connectivity index (χ1n) is 10.7. The minimum Gasteiger partial charge on any atom is -0.502 e. The van der Waals surface area contributed by atoms with Gasteiger partial charge in [0.25, 0.3) is 5.56 Å². The summed E-state index contributed by atoms with van der Waals surface area (Å²) in [6.45, 7) is 8.05. The summed E-state index contributed by atoms with van der Waals surface area (Å²) in [5, 5.41) is 10.5. The number of benzene rings is 1. The van der Waals surface area contributed by atoms with Crippen molar-refractivity contribution in [2.75, 3.05) is 33.3 Å². The fourth-order valence-corrected chi connectivity index (χ4v) is 3.48. The van der Waals surface area contributed by atoms with Gasteiger partial charge in [0.15, 0.2) is 0 Å². The van der Waals surface area contributed by atoms with Crippen LogP contribution in [0.4, 0.5) is 4.79 Å². The van der Waals surface area contributed by atoms with Gasteiger partial charge in [-0.25, -0.2) is 14.6 Å². The van der Waals surface area contributed by atoms with Gasteiger partial charge in [-0.15, -0.1) is 0 Å². The number of hydrogen-bond acceptors (Lipinski definition) is 8. The number of amides is 1. The highest BCUT2D eigenvalue weighted by atomic mass is 16.6. The van der Waals surface area contributed by atoms with Gasteiger partial charge in [-0.2, -0.15) is 0 Å². The third-order valence-corrected chi connectivity index (χ3v) is 5.19. The third-order valence-electron chi connectivity index (χ3n) is 5.19. The van der Waals surface area contributed by atoms with Crippen LogP contribution in [0.15, 0.2) is 35.4 Å². The van der Waals surface area contributed by atoms with E-state index in [0.717, 1.165) is 0 Å². The number of esters is 1. The van der Waals surface area contributed by atoms with Crippen LogP contribution in [0.3, 0.4) is 0 Å². The molecule has 0 radical (unpaired) electrons. The number of carbonyl (C=O) groups is 2. The second kappa shape index (κ2) is 10.0. The molecule has 2 heterocycles. The first-order chi connectivity index (χ1) is 15.6. The van der Waals surface area contributed by atoms with Crippen LogP contribution in [0.2, 0.25) is 0 Å². The van der Waals surface area contributed by atoms with Crippen molar-refractivity contribution >= 4 is 12.1 Å². The maximum Gasteiger partial charge on any atom is 0.410 e. The smallest absolute Gasteiger partial charge is 0.410 e. The molecule has 0 spiro atoms. The first-order valence-corrected chi connectivity index (χ1v) is 10.7. The van der Waals surface area contributed by atoms with Crippen molar-refractivity contribution in [2.24, 2.45) is 0 Å². The predicted octanol–water partition coefficient (Wildman–Crippen LogP) is 1.84. The highest BCUT2D eigenvalue weighted by Crippen LogP contribution is 2.16. The zero-order chi connectivity index (χ0) is 24.2. The molecule has 1 amide bonds. The summed E-state index contributed by atoms with van der Waals surface area (Å²) in [6, 6.07) is 6.73. The number of carbonyl (C=O) groups excluding carboxylic acids is 2. The lowest BCUT2D eigenvalue weighted by Gasteiger charge is -2.35. The van der Waals surface area contributed by atoms with Crippen molar-refractivity contribution in [3.05, 3.63) is 57.8 Å². The zero-order valence-electron chi connectivity index (χ0n) is 19.4. The Morgan fingerprint density at radius 3 is 2.45 bits per heavy atom. The Kier molecular flexibility index (Phi) is 7.37. The Morgan fingerprint density at radius 1 is 1.12 bits per heavy atom. The molecule has 0 saturated carbocycles. The van der Waals surface area contributed by atoms with Crippen LogP contribution in [0.5, 0.6) is 5.75 Å². The van der Waals surface area contributed by atoms with Crippen LogP contribution in [0.25, 0.3) is 0 Å². The largest absolute Gasteiger partial charge is 0.502 e. The molecule has 3 rings (SSSR count). The van der Waals surface area contributed by atoms with E-state index in [4.69, 9.17) is 9.47 Å². The predicted molar refractivity (Wildman–Crippen MR) is 120 cm³/mol. The fraction of sp³-hybridized carbons (Fsp3) is 0.478. The number of piperazine rings is 1. The summed E-state index contributed by atoms with van der Waals surface area (Å²) >= 11 is 0. The second-order valence-corrected chi connectivity index (χ2v) is 8.91. The van der Waals surface area contributed by atoms with Crippen molar-refractivity contribution in [1.29, 1.82) is 0 Å². The molecule has 0 atom stereocenters. The molecule has 1 saturated heterocycles. The maximum atomic E-state index is 12.7. The van der Waals surface area contributed by atoms with Gasteiger partial charge in [0.1, 0.15) is 11.3 Å². The van der Waals surface area contributed by atoms with E-state index in [1.807, 2.05) is 25.7 Å². The van der Waals surface area contributed by atoms with E-state index in [1.54, 1.807) is 29.2 Å². The highest BCUT2D eigenvalue weighted by molar-refractivity contribution is 5.89. The average molecular weight is 459 g/mol. The fourth-order valence-electron chi connectivity index (χ4n) is 3.48. The van der Waals surface area contributed by atoms with E-state index < -0.39 is 22.9 Å². The lowest BCUT2D eigenvalue weighted by Crippen LogP contribution is -2.49. The standard InChI is InChI=1S/C23H30N4O6/c1-23(2,3)33-22(31)26-10-8-25(9-11-26)14-18-19(28)20(29)27(15-24-18)13-16-6-5-7-17(12-16)21(30)32-4/h5-7,12,15,28H,8-11,13-14H2,1-4H3. The van der Waals surface area contributed by atoms with Crippen LogP contribution in [-0.4, -0.2) is 75.4 Å². The first kappa shape index (κ1) is 24.2. The van der Waals surface area contributed by atoms with Crippen LogP contribution in [0.1, 0.15) is 42.4 Å². The van der Waals surface area contributed by atoms with Crippen LogP contribution in [-0.2, 0) is 22.6 Å². The van der Waals surface area contributed by atoms with Crippen LogP contribution >= 0.6 is 0 Å². The number of aromatic nitrogens is 2. The minimum absolute atomic E-state index is 0.152. The molecule has 10 nitrogen and oxygen atoms in total. The maximum absolute atomic E-state index is 12.7. The van der Waals surface area contributed by atoms with E-state index in [1.165, 1.54) is 18.0 Å². The summed E-state index contributed by atoms with van der Waals surface area (Å²) in [7, 11) is 1.30. The Morgan fingerprint density at radius 2 is 1.82 bits per heavy atom. The summed E-state index contributed by atoms with van der Waals surface area (Å²) < 4.78 is 11.4. The van der Waals surface area contributed by atoms with Crippen molar-refractivity contribution < 1.29 is 24.2 Å². The van der Waals surface area contributed by atoms with Gasteiger partial charge < -0.3 is 19.5 Å². The lowest BCUT2D eigenvalue weighted by molar-refractivity contribution is 0.0137. The molecule has 1 aliphatic rings. The monoisotopic (exact) mass is 458 g/mol. The van der Waals surface area contributed by atoms with E-state index in [2.05, 4.69) is 4.98 Å². The molecule has 2 aromatic rings. The van der Waals surface area contributed by atoms with Crippen molar-refractivity contribution in [3.8, 4) is 5.75 Å². The summed E-state index contributed by atoms with van der Waals surface area (Å²) in [5.41, 5.74) is 0.254. The quantitative estimate of drug-likeness (QED) is 0.675. The van der Waals surface area contributed by atoms with E-state index >= 15 is 0 Å². The van der Waals surface area contributed by atoms with Gasteiger partial charge in [0.2, 0.25) is 5.75 Å². The lowest BCUT2D eigenvalue weighted by atomic mass is 10.1. The van der Waals surface area contributed by atoms with E-state index in [9.17, 15) is 19.5 Å². The number of aromatic hydroxyl groups is 1. The highest BCUT2D eigenvalue weighted by Gasteiger charge is 2.26. The van der Waals surface area contributed by atoms with Crippen molar-refractivity contribution in [3.63, 3.8) is 0 Å². The van der Waals surface area contributed by atoms with Gasteiger partial charge in [0.05, 0.1) is 25.5 Å². The normalized spacial score (nSPS) is 14.7. The molecule has 1 aliphatic heterocycles. The molecule has 0 aliphatic carbocycles. The van der Waals surface area contributed by atoms with Crippen molar-refractivity contribution in [1.82, 2.24) is 19.4 Å². The molecular formula is C23H30N4O6. The number of nitrogens with zero attached hydrogens (tertiary/aromatic N) is 4. The number of methoxy groups -OCH3 is 1. The van der Waals surface area contributed by atoms with Gasteiger partial charge in [-0.3, -0.25) is 14.3 Å². The molecule has 1 aromatic carbocycles. The van der Waals surface area contributed by atoms with Crippen molar-refractivity contribution in [2.45, 2.75) is 39.5 Å². The van der Waals surface area contributed by atoms with Gasteiger partial charge >= 0.3 is 12.1 Å². The van der Waals surface area contributed by atoms with Gasteiger partial charge in [-0.05, 0) is 38.5 Å². The summed E-state index contributed by atoms with van der Waals surface area (Å²) in [6.07, 6.45) is 1.04. The zero-order valence-corrected chi connectivity index (χ0v) is 19.4. The Hall–Kier alpha value is -3.40. The molecule has 1 aromatic heterocycles. The molecule has 1 fully saturated rings. The molecule has 10 heteroatoms.